The molecule has 2 aliphatic rings. The van der Waals surface area contributed by atoms with Crippen LogP contribution in [-0.4, -0.2) is 41.6 Å². The number of aromatic nitrogens is 1. The second-order valence-corrected chi connectivity index (χ2v) is 5.74. The van der Waals surface area contributed by atoms with E-state index in [2.05, 4.69) is 15.6 Å². The van der Waals surface area contributed by atoms with Crippen LogP contribution in [0.15, 0.2) is 10.8 Å². The van der Waals surface area contributed by atoms with E-state index in [9.17, 15) is 9.59 Å². The van der Waals surface area contributed by atoms with Gasteiger partial charge in [-0.2, -0.15) is 0 Å². The first-order valence-corrected chi connectivity index (χ1v) is 7.83. The van der Waals surface area contributed by atoms with Gasteiger partial charge in [-0.1, -0.05) is 6.92 Å². The molecule has 2 saturated heterocycles. The lowest BCUT2D eigenvalue weighted by atomic mass is 9.92. The van der Waals surface area contributed by atoms with Gasteiger partial charge < -0.3 is 19.8 Å². The molecule has 7 heteroatoms. The summed E-state index contributed by atoms with van der Waals surface area (Å²) in [6.07, 6.45) is 4.78. The average molecular weight is 307 g/mol. The van der Waals surface area contributed by atoms with Crippen molar-refractivity contribution in [1.82, 2.24) is 15.6 Å². The minimum Gasteiger partial charge on any atom is -0.448 e. The minimum atomic E-state index is -0.255. The molecule has 2 N–H and O–H groups in total. The number of ether oxygens (including phenoxy) is 1. The monoisotopic (exact) mass is 307 g/mol. The van der Waals surface area contributed by atoms with Crippen LogP contribution in [0.1, 0.15) is 48.9 Å². The first-order valence-electron chi connectivity index (χ1n) is 7.83. The van der Waals surface area contributed by atoms with Crippen LogP contribution in [0.25, 0.3) is 0 Å². The van der Waals surface area contributed by atoms with Crippen LogP contribution < -0.4 is 10.6 Å². The third-order valence-corrected chi connectivity index (χ3v) is 4.30. The molecule has 0 saturated carbocycles. The summed E-state index contributed by atoms with van der Waals surface area (Å²) in [7, 11) is 0. The van der Waals surface area contributed by atoms with Crippen LogP contribution in [0.5, 0.6) is 0 Å². The molecule has 120 valence electrons. The molecule has 7 nitrogen and oxygen atoms in total. The lowest BCUT2D eigenvalue weighted by molar-refractivity contribution is -0.125. The van der Waals surface area contributed by atoms with E-state index < -0.39 is 0 Å². The summed E-state index contributed by atoms with van der Waals surface area (Å²) in [5.74, 6) is 0.336. The Balaban J connectivity index is 1.71. The highest BCUT2D eigenvalue weighted by Crippen LogP contribution is 2.23. The number of carbonyl (C=O) groups is 2. The van der Waals surface area contributed by atoms with E-state index >= 15 is 0 Å². The predicted molar refractivity (Wildman–Crippen MR) is 77.3 cm³/mol. The molecule has 3 atom stereocenters. The van der Waals surface area contributed by atoms with E-state index in [1.165, 1.54) is 6.39 Å². The normalized spacial score (nSPS) is 28.4. The molecule has 1 aromatic heterocycles. The van der Waals surface area contributed by atoms with Crippen LogP contribution in [0.2, 0.25) is 0 Å². The number of hydrogen-bond acceptors (Lipinski definition) is 5. The zero-order valence-corrected chi connectivity index (χ0v) is 12.6. The van der Waals surface area contributed by atoms with Gasteiger partial charge in [-0.3, -0.25) is 9.59 Å². The molecule has 22 heavy (non-hydrogen) atoms. The Morgan fingerprint density at radius 3 is 3.09 bits per heavy atom. The topological polar surface area (TPSA) is 93.5 Å². The maximum absolute atomic E-state index is 12.4. The van der Waals surface area contributed by atoms with Crippen molar-refractivity contribution in [2.24, 2.45) is 0 Å². The molecule has 3 heterocycles. The molecule has 0 spiro atoms. The van der Waals surface area contributed by atoms with Gasteiger partial charge in [0.1, 0.15) is 5.76 Å². The number of hydrogen-bond donors (Lipinski definition) is 2. The summed E-state index contributed by atoms with van der Waals surface area (Å²) in [5, 5.41) is 5.95. The molecule has 1 aromatic rings. The highest BCUT2D eigenvalue weighted by atomic mass is 16.5. The molecule has 0 bridgehead atoms. The van der Waals surface area contributed by atoms with E-state index in [-0.39, 0.29) is 30.0 Å². The highest BCUT2D eigenvalue weighted by molar-refractivity contribution is 5.93. The Bertz CT molecular complexity index is 551. The molecule has 0 aliphatic carbocycles. The smallest absolute Gasteiger partial charge is 0.273 e. The van der Waals surface area contributed by atoms with Gasteiger partial charge in [0, 0.05) is 19.4 Å². The summed E-state index contributed by atoms with van der Waals surface area (Å²) < 4.78 is 10.9. The number of aryl methyl sites for hydroxylation is 1. The second-order valence-electron chi connectivity index (χ2n) is 5.74. The zero-order chi connectivity index (χ0) is 15.5. The van der Waals surface area contributed by atoms with Gasteiger partial charge in [0.05, 0.1) is 18.2 Å². The van der Waals surface area contributed by atoms with Crippen LogP contribution in [0, 0.1) is 0 Å². The van der Waals surface area contributed by atoms with Crippen molar-refractivity contribution in [1.29, 1.82) is 0 Å². The number of piperidine rings is 1. The predicted octanol–water partition coefficient (Wildman–Crippen LogP) is 0.793. The summed E-state index contributed by atoms with van der Waals surface area (Å²) >= 11 is 0. The first kappa shape index (κ1) is 15.0. The molecule has 0 aromatic carbocycles. The largest absolute Gasteiger partial charge is 0.448 e. The van der Waals surface area contributed by atoms with Crippen molar-refractivity contribution in [3.63, 3.8) is 0 Å². The van der Waals surface area contributed by atoms with Crippen LogP contribution in [0.3, 0.4) is 0 Å². The van der Waals surface area contributed by atoms with E-state index in [0.29, 0.717) is 37.3 Å². The van der Waals surface area contributed by atoms with Crippen LogP contribution in [-0.2, 0) is 16.0 Å². The third kappa shape index (κ3) is 2.99. The van der Waals surface area contributed by atoms with E-state index in [0.717, 1.165) is 12.8 Å². The van der Waals surface area contributed by atoms with Gasteiger partial charge >= 0.3 is 0 Å². The van der Waals surface area contributed by atoms with Crippen LogP contribution >= 0.6 is 0 Å². The van der Waals surface area contributed by atoms with E-state index in [1.54, 1.807) is 0 Å². The lowest BCUT2D eigenvalue weighted by Gasteiger charge is -2.35. The highest BCUT2D eigenvalue weighted by Gasteiger charge is 2.38. The van der Waals surface area contributed by atoms with Gasteiger partial charge in [0.25, 0.3) is 5.91 Å². The lowest BCUT2D eigenvalue weighted by Crippen LogP contribution is -2.60. The van der Waals surface area contributed by atoms with Crippen LogP contribution in [0.4, 0.5) is 0 Å². The van der Waals surface area contributed by atoms with Gasteiger partial charge in [0.2, 0.25) is 5.91 Å². The van der Waals surface area contributed by atoms with Gasteiger partial charge in [-0.05, 0) is 19.3 Å². The number of carbonyl (C=O) groups excluding carboxylic acids is 2. The standard InChI is InChI=1S/C15H21N3O4/c1-2-10-14(16-8-22-10)15(20)17-9-5-6-12(19)18-13(9)11-4-3-7-21-11/h8-9,11,13H,2-7H2,1H3,(H,17,20)(H,18,19)/t9-,11?,13-/m0/s1. The quantitative estimate of drug-likeness (QED) is 0.858. The molecule has 2 fully saturated rings. The Kier molecular flexibility index (Phi) is 4.42. The summed E-state index contributed by atoms with van der Waals surface area (Å²) in [5.41, 5.74) is 0.325. The molecule has 0 radical (unpaired) electrons. The number of nitrogens with zero attached hydrogens (tertiary/aromatic N) is 1. The fourth-order valence-electron chi connectivity index (χ4n) is 3.17. The zero-order valence-electron chi connectivity index (χ0n) is 12.6. The summed E-state index contributed by atoms with van der Waals surface area (Å²) in [4.78, 5) is 28.1. The number of rotatable bonds is 4. The third-order valence-electron chi connectivity index (χ3n) is 4.30. The average Bonchev–Trinajstić information content (AvgIpc) is 3.19. The minimum absolute atomic E-state index is 0.0154. The molecular formula is C15H21N3O4. The fraction of sp³-hybridized carbons (Fsp3) is 0.667. The molecule has 3 rings (SSSR count). The van der Waals surface area contributed by atoms with Crippen molar-refractivity contribution in [2.75, 3.05) is 6.61 Å². The van der Waals surface area contributed by atoms with Gasteiger partial charge in [0.15, 0.2) is 12.1 Å². The maximum atomic E-state index is 12.4. The SMILES string of the molecule is CCc1ocnc1C(=O)N[C@H]1CCC(=O)N[C@@H]1C1CCCO1. The van der Waals surface area contributed by atoms with Crippen molar-refractivity contribution in [3.8, 4) is 0 Å². The van der Waals surface area contributed by atoms with Crippen molar-refractivity contribution in [2.45, 2.75) is 57.2 Å². The van der Waals surface area contributed by atoms with Gasteiger partial charge in [-0.25, -0.2) is 4.98 Å². The molecular weight excluding hydrogens is 286 g/mol. The number of nitrogens with one attached hydrogen (secondary N) is 2. The summed E-state index contributed by atoms with van der Waals surface area (Å²) in [6.45, 7) is 2.62. The Morgan fingerprint density at radius 2 is 2.36 bits per heavy atom. The number of amides is 2. The van der Waals surface area contributed by atoms with E-state index in [4.69, 9.17) is 9.15 Å². The molecule has 2 amide bonds. The molecule has 2 aliphatic heterocycles. The first-order chi connectivity index (χ1) is 10.7. The van der Waals surface area contributed by atoms with Crippen molar-refractivity contribution >= 4 is 11.8 Å². The fourth-order valence-corrected chi connectivity index (χ4v) is 3.17. The maximum Gasteiger partial charge on any atom is 0.273 e. The number of oxazole rings is 1. The van der Waals surface area contributed by atoms with E-state index in [1.807, 2.05) is 6.92 Å². The Morgan fingerprint density at radius 1 is 1.50 bits per heavy atom. The van der Waals surface area contributed by atoms with Crippen molar-refractivity contribution in [3.05, 3.63) is 17.8 Å². The second kappa shape index (κ2) is 6.48. The molecule has 1 unspecified atom stereocenters. The van der Waals surface area contributed by atoms with Crippen molar-refractivity contribution < 1.29 is 18.7 Å². The Labute approximate surface area is 128 Å². The van der Waals surface area contributed by atoms with Gasteiger partial charge in [-0.15, -0.1) is 0 Å². The Hall–Kier alpha value is -1.89. The summed E-state index contributed by atoms with van der Waals surface area (Å²) in [6, 6.07) is -0.320.